The molecule has 1 aliphatic heterocycles. The van der Waals surface area contributed by atoms with E-state index in [9.17, 15) is 12.8 Å². The zero-order chi connectivity index (χ0) is 14.9. The molecule has 1 fully saturated rings. The van der Waals surface area contributed by atoms with Crippen LogP contribution in [0.25, 0.3) is 0 Å². The first kappa shape index (κ1) is 18.8. The van der Waals surface area contributed by atoms with Crippen LogP contribution in [0.3, 0.4) is 0 Å². The predicted molar refractivity (Wildman–Crippen MR) is 86.5 cm³/mol. The Kier molecular flexibility index (Phi) is 6.61. The van der Waals surface area contributed by atoms with Crippen LogP contribution in [-0.4, -0.2) is 31.9 Å². The topological polar surface area (TPSA) is 63.4 Å². The number of nitrogens with zero attached hydrogens (tertiary/aromatic N) is 1. The maximum Gasteiger partial charge on any atom is 0.243 e. The minimum Gasteiger partial charge on any atom is -0.329 e. The second-order valence-corrected chi connectivity index (χ2v) is 7.86. The lowest BCUT2D eigenvalue weighted by atomic mass is 9.93. The SMILES string of the molecule is CC1CCCN(S(=O)(=O)c2ccc(Br)c(F)c2)C1CN.Cl. The van der Waals surface area contributed by atoms with Gasteiger partial charge in [-0.3, -0.25) is 0 Å². The van der Waals surface area contributed by atoms with Gasteiger partial charge < -0.3 is 5.73 Å². The summed E-state index contributed by atoms with van der Waals surface area (Å²) in [6.07, 6.45) is 1.76. The molecule has 0 spiro atoms. The number of sulfonamides is 1. The Hall–Kier alpha value is -0.210. The summed E-state index contributed by atoms with van der Waals surface area (Å²) in [6.45, 7) is 2.72. The van der Waals surface area contributed by atoms with E-state index in [0.717, 1.165) is 18.9 Å². The number of benzene rings is 1. The van der Waals surface area contributed by atoms with E-state index in [1.807, 2.05) is 6.92 Å². The van der Waals surface area contributed by atoms with Crippen molar-refractivity contribution in [1.82, 2.24) is 4.31 Å². The zero-order valence-corrected chi connectivity index (χ0v) is 14.8. The van der Waals surface area contributed by atoms with Gasteiger partial charge in [-0.25, -0.2) is 12.8 Å². The minimum atomic E-state index is -3.70. The van der Waals surface area contributed by atoms with Gasteiger partial charge in [0.2, 0.25) is 10.0 Å². The Balaban J connectivity index is 0.00000220. The molecular weight excluding hydrogens is 383 g/mol. The molecule has 2 atom stereocenters. The average molecular weight is 402 g/mol. The number of hydrogen-bond acceptors (Lipinski definition) is 3. The van der Waals surface area contributed by atoms with Crippen molar-refractivity contribution in [2.75, 3.05) is 13.1 Å². The van der Waals surface area contributed by atoms with Crippen molar-refractivity contribution in [3.8, 4) is 0 Å². The molecular formula is C13H19BrClFN2O2S. The summed E-state index contributed by atoms with van der Waals surface area (Å²) in [5.74, 6) is -0.371. The highest BCUT2D eigenvalue weighted by atomic mass is 79.9. The first-order valence-electron chi connectivity index (χ1n) is 6.55. The summed E-state index contributed by atoms with van der Waals surface area (Å²) in [6, 6.07) is 3.65. The van der Waals surface area contributed by atoms with Crippen molar-refractivity contribution in [1.29, 1.82) is 0 Å². The van der Waals surface area contributed by atoms with Crippen molar-refractivity contribution >= 4 is 38.4 Å². The summed E-state index contributed by atoms with van der Waals surface area (Å²) in [7, 11) is -3.70. The van der Waals surface area contributed by atoms with Gasteiger partial charge in [-0.05, 0) is 52.9 Å². The summed E-state index contributed by atoms with van der Waals surface area (Å²) >= 11 is 3.02. The van der Waals surface area contributed by atoms with Crippen LogP contribution in [-0.2, 0) is 10.0 Å². The first-order chi connectivity index (χ1) is 9.37. The number of hydrogen-bond donors (Lipinski definition) is 1. The molecule has 1 aromatic carbocycles. The van der Waals surface area contributed by atoms with E-state index >= 15 is 0 Å². The second-order valence-electron chi connectivity index (χ2n) is 5.11. The van der Waals surface area contributed by atoms with Crippen LogP contribution in [0.4, 0.5) is 4.39 Å². The molecule has 1 aliphatic rings. The van der Waals surface area contributed by atoms with Crippen molar-refractivity contribution in [2.24, 2.45) is 11.7 Å². The Morgan fingerprint density at radius 1 is 1.48 bits per heavy atom. The number of halogens is 3. The molecule has 0 bridgehead atoms. The third kappa shape index (κ3) is 3.76. The van der Waals surface area contributed by atoms with Crippen LogP contribution >= 0.6 is 28.3 Å². The van der Waals surface area contributed by atoms with Gasteiger partial charge in [0.1, 0.15) is 5.82 Å². The highest BCUT2D eigenvalue weighted by molar-refractivity contribution is 9.10. The molecule has 1 aromatic rings. The molecule has 2 N–H and O–H groups in total. The molecule has 0 aliphatic carbocycles. The number of piperidine rings is 1. The van der Waals surface area contributed by atoms with Gasteiger partial charge >= 0.3 is 0 Å². The lowest BCUT2D eigenvalue weighted by Crippen LogP contribution is -2.51. The van der Waals surface area contributed by atoms with Gasteiger partial charge in [-0.15, -0.1) is 12.4 Å². The molecule has 4 nitrogen and oxygen atoms in total. The summed E-state index contributed by atoms with van der Waals surface area (Å²) in [5, 5.41) is 0. The number of rotatable bonds is 3. The lowest BCUT2D eigenvalue weighted by molar-refractivity contribution is 0.192. The highest BCUT2D eigenvalue weighted by Crippen LogP contribution is 2.29. The maximum atomic E-state index is 13.6. The minimum absolute atomic E-state index is 0. The molecule has 0 radical (unpaired) electrons. The monoisotopic (exact) mass is 400 g/mol. The zero-order valence-electron chi connectivity index (χ0n) is 11.6. The molecule has 120 valence electrons. The van der Waals surface area contributed by atoms with Gasteiger partial charge in [0.25, 0.3) is 0 Å². The fourth-order valence-electron chi connectivity index (χ4n) is 2.63. The smallest absolute Gasteiger partial charge is 0.243 e. The Morgan fingerprint density at radius 3 is 2.71 bits per heavy atom. The molecule has 2 unspecified atom stereocenters. The van der Waals surface area contributed by atoms with E-state index in [1.54, 1.807) is 0 Å². The van der Waals surface area contributed by atoms with Gasteiger partial charge in [-0.1, -0.05) is 6.92 Å². The predicted octanol–water partition coefficient (Wildman–Crippen LogP) is 2.76. The molecule has 0 amide bonds. The van der Waals surface area contributed by atoms with Crippen LogP contribution < -0.4 is 5.73 Å². The molecule has 0 aromatic heterocycles. The van der Waals surface area contributed by atoms with Gasteiger partial charge in [0.05, 0.1) is 9.37 Å². The summed E-state index contributed by atoms with van der Waals surface area (Å²) < 4.78 is 40.6. The summed E-state index contributed by atoms with van der Waals surface area (Å²) in [5.41, 5.74) is 5.73. The van der Waals surface area contributed by atoms with Crippen LogP contribution in [0.15, 0.2) is 27.6 Å². The maximum absolute atomic E-state index is 13.6. The van der Waals surface area contributed by atoms with Crippen LogP contribution in [0.2, 0.25) is 0 Å². The quantitative estimate of drug-likeness (QED) is 0.847. The van der Waals surface area contributed by atoms with E-state index < -0.39 is 15.8 Å². The molecule has 0 saturated carbocycles. The van der Waals surface area contributed by atoms with Crippen molar-refractivity contribution in [3.05, 3.63) is 28.5 Å². The Bertz CT molecular complexity index is 600. The summed E-state index contributed by atoms with van der Waals surface area (Å²) in [4.78, 5) is -0.0225. The van der Waals surface area contributed by atoms with Gasteiger partial charge in [0.15, 0.2) is 0 Å². The van der Waals surface area contributed by atoms with Gasteiger partial charge in [0, 0.05) is 19.1 Å². The molecule has 1 heterocycles. The van der Waals surface area contributed by atoms with E-state index in [4.69, 9.17) is 5.73 Å². The number of nitrogens with two attached hydrogens (primary N) is 1. The molecule has 1 saturated heterocycles. The van der Waals surface area contributed by atoms with Crippen LogP contribution in [0, 0.1) is 11.7 Å². The van der Waals surface area contributed by atoms with Gasteiger partial charge in [-0.2, -0.15) is 4.31 Å². The molecule has 21 heavy (non-hydrogen) atoms. The standard InChI is InChI=1S/C13H18BrFN2O2S.ClH/c1-9-3-2-6-17(13(9)8-16)20(18,19)10-4-5-11(14)12(15)7-10;/h4-5,7,9,13H,2-3,6,8,16H2,1H3;1H. The van der Waals surface area contributed by atoms with Crippen molar-refractivity contribution in [3.63, 3.8) is 0 Å². The highest BCUT2D eigenvalue weighted by Gasteiger charge is 2.36. The Morgan fingerprint density at radius 2 is 2.14 bits per heavy atom. The van der Waals surface area contributed by atoms with Crippen LogP contribution in [0.5, 0.6) is 0 Å². The van der Waals surface area contributed by atoms with E-state index in [0.29, 0.717) is 6.54 Å². The van der Waals surface area contributed by atoms with E-state index in [2.05, 4.69) is 15.9 Å². The normalized spacial score (nSPS) is 23.6. The Labute approximate surface area is 139 Å². The van der Waals surface area contributed by atoms with Crippen LogP contribution in [0.1, 0.15) is 19.8 Å². The largest absolute Gasteiger partial charge is 0.329 e. The third-order valence-electron chi connectivity index (χ3n) is 3.80. The second kappa shape index (κ2) is 7.37. The fraction of sp³-hybridized carbons (Fsp3) is 0.538. The molecule has 8 heteroatoms. The van der Waals surface area contributed by atoms with Crippen molar-refractivity contribution < 1.29 is 12.8 Å². The lowest BCUT2D eigenvalue weighted by Gasteiger charge is -2.38. The van der Waals surface area contributed by atoms with E-state index in [-0.39, 0.29) is 40.3 Å². The fourth-order valence-corrected chi connectivity index (χ4v) is 4.66. The molecule has 2 rings (SSSR count). The van der Waals surface area contributed by atoms with Crippen molar-refractivity contribution in [2.45, 2.75) is 30.7 Å². The average Bonchev–Trinajstić information content (AvgIpc) is 2.41. The third-order valence-corrected chi connectivity index (χ3v) is 6.37. The first-order valence-corrected chi connectivity index (χ1v) is 8.78. The van der Waals surface area contributed by atoms with E-state index in [1.165, 1.54) is 16.4 Å².